The van der Waals surface area contributed by atoms with Gasteiger partial charge in [0.15, 0.2) is 0 Å². The van der Waals surface area contributed by atoms with Gasteiger partial charge in [-0.1, -0.05) is 0 Å². The minimum atomic E-state index is -0.465. The molecule has 0 aliphatic rings. The molecule has 0 aliphatic carbocycles. The molecule has 32 valence electrons. The second-order valence-electron chi connectivity index (χ2n) is 0.410. The molecule has 0 bridgehead atoms. The van der Waals surface area contributed by atoms with Crippen molar-refractivity contribution in [1.29, 1.82) is 0 Å². The molecule has 5 heteroatoms. The summed E-state index contributed by atoms with van der Waals surface area (Å²) in [6, 6.07) is 0. The Morgan fingerprint density at radius 2 is 2.17 bits per heavy atom. The first-order valence-corrected chi connectivity index (χ1v) is 2.75. The van der Waals surface area contributed by atoms with E-state index in [0.717, 1.165) is 0 Å². The summed E-state index contributed by atoms with van der Waals surface area (Å²) in [5.41, 5.74) is 4.54. The molecule has 0 fully saturated rings. The van der Waals surface area contributed by atoms with Gasteiger partial charge in [0.1, 0.15) is 0 Å². The molecule has 0 aromatic heterocycles. The average Bonchev–Trinajstić information content (AvgIpc) is 1.38. The number of hydrogen-bond donors (Lipinski definition) is 2. The largest absolute Gasteiger partial charge is 1.00 e. The number of primary amides is 1. The molecule has 0 radical (unpaired) electrons. The summed E-state index contributed by atoms with van der Waals surface area (Å²) in [4.78, 5) is 9.48. The van der Waals surface area contributed by atoms with E-state index in [1.807, 2.05) is 0 Å². The van der Waals surface area contributed by atoms with Crippen LogP contribution in [-0.4, -0.2) is 5.24 Å². The van der Waals surface area contributed by atoms with Gasteiger partial charge in [-0.2, -0.15) is 0 Å². The van der Waals surface area contributed by atoms with Gasteiger partial charge in [0.25, 0.3) is 5.24 Å². The quantitative estimate of drug-likeness (QED) is 0.223. The molecule has 0 rings (SSSR count). The number of carbonyl (C=O) groups is 1. The summed E-state index contributed by atoms with van der Waals surface area (Å²) in [6.45, 7) is 0. The van der Waals surface area contributed by atoms with Crippen LogP contribution in [0.5, 0.6) is 0 Å². The van der Waals surface area contributed by atoms with Crippen molar-refractivity contribution >= 4 is 27.7 Å². The van der Waals surface area contributed by atoms with Gasteiger partial charge in [-0.15, -0.1) is 11.7 Å². The van der Waals surface area contributed by atoms with Crippen molar-refractivity contribution < 1.29 is 35.8 Å². The standard InChI is InChI=1S/CH3NOS2.Na.H/c2-1(3)5-4;;/h4H,(H2,2,3);;/q;+1;-1. The normalized spacial score (nSPS) is 6.17. The summed E-state index contributed by atoms with van der Waals surface area (Å²) >= 11 is 3.46. The van der Waals surface area contributed by atoms with Gasteiger partial charge in [0, 0.05) is 10.8 Å². The molecule has 1 amide bonds. The molecule has 0 heterocycles. The Labute approximate surface area is 68.8 Å². The SMILES string of the molecule is NC(=O)SS.[H-].[Na+]. The molecule has 0 aliphatic heterocycles. The first-order valence-electron chi connectivity index (χ1n) is 0.879. The van der Waals surface area contributed by atoms with Crippen LogP contribution in [0.1, 0.15) is 1.43 Å². The summed E-state index contributed by atoms with van der Waals surface area (Å²) in [5.74, 6) is 0. The fourth-order valence-corrected chi connectivity index (χ4v) is 0. The fraction of sp³-hybridized carbons (Fsp3) is 0. The minimum absolute atomic E-state index is 0. The number of thiol groups is 1. The van der Waals surface area contributed by atoms with E-state index in [9.17, 15) is 4.79 Å². The van der Waals surface area contributed by atoms with E-state index < -0.39 is 5.24 Å². The van der Waals surface area contributed by atoms with E-state index in [1.165, 1.54) is 0 Å². The molecule has 0 aromatic rings. The van der Waals surface area contributed by atoms with Gasteiger partial charge in [0.2, 0.25) is 0 Å². The Morgan fingerprint density at radius 3 is 2.17 bits per heavy atom. The van der Waals surface area contributed by atoms with Crippen LogP contribution in [0, 0.1) is 0 Å². The van der Waals surface area contributed by atoms with Crippen LogP contribution in [-0.2, 0) is 0 Å². The average molecular weight is 133 g/mol. The predicted molar refractivity (Wildman–Crippen MR) is 27.3 cm³/mol. The monoisotopic (exact) mass is 133 g/mol. The van der Waals surface area contributed by atoms with Crippen molar-refractivity contribution in [3.05, 3.63) is 0 Å². The zero-order valence-electron chi connectivity index (χ0n) is 4.34. The van der Waals surface area contributed by atoms with Crippen molar-refractivity contribution in [1.82, 2.24) is 0 Å². The van der Waals surface area contributed by atoms with Crippen molar-refractivity contribution in [2.45, 2.75) is 0 Å². The van der Waals surface area contributed by atoms with E-state index >= 15 is 0 Å². The molecular weight excluding hydrogens is 129 g/mol. The zero-order chi connectivity index (χ0) is 4.28. The maximum Gasteiger partial charge on any atom is 1.00 e. The van der Waals surface area contributed by atoms with Crippen LogP contribution in [0.2, 0.25) is 0 Å². The molecular formula is CH4NNaOS2. The van der Waals surface area contributed by atoms with E-state index in [0.29, 0.717) is 10.8 Å². The summed E-state index contributed by atoms with van der Waals surface area (Å²) < 4.78 is 0. The first-order chi connectivity index (χ1) is 2.27. The van der Waals surface area contributed by atoms with Crippen LogP contribution in [0.15, 0.2) is 0 Å². The number of amides is 1. The van der Waals surface area contributed by atoms with Crippen molar-refractivity contribution in [2.24, 2.45) is 5.73 Å². The van der Waals surface area contributed by atoms with Gasteiger partial charge in [-0.05, 0) is 0 Å². The summed E-state index contributed by atoms with van der Waals surface area (Å²) in [6.07, 6.45) is 0. The Kier molecular flexibility index (Phi) is 10.5. The van der Waals surface area contributed by atoms with E-state index in [2.05, 4.69) is 17.4 Å². The summed E-state index contributed by atoms with van der Waals surface area (Å²) in [7, 11) is 0.713. The second kappa shape index (κ2) is 6.17. The van der Waals surface area contributed by atoms with Crippen LogP contribution in [0.3, 0.4) is 0 Å². The van der Waals surface area contributed by atoms with Crippen LogP contribution >= 0.6 is 22.5 Å². The molecule has 6 heavy (non-hydrogen) atoms. The van der Waals surface area contributed by atoms with Crippen molar-refractivity contribution in [2.75, 3.05) is 0 Å². The smallest absolute Gasteiger partial charge is 1.00 e. The third-order valence-electron chi connectivity index (χ3n) is 0.0900. The van der Waals surface area contributed by atoms with E-state index in [-0.39, 0.29) is 31.0 Å². The molecule has 2 nitrogen and oxygen atoms in total. The molecule has 0 unspecified atom stereocenters. The molecule has 0 saturated carbocycles. The van der Waals surface area contributed by atoms with Gasteiger partial charge >= 0.3 is 29.6 Å². The maximum atomic E-state index is 9.48. The first kappa shape index (κ1) is 10.2. The van der Waals surface area contributed by atoms with Gasteiger partial charge in [0.05, 0.1) is 0 Å². The Balaban J connectivity index is -0.0000000800. The molecule has 0 spiro atoms. The Bertz CT molecular complexity index is 53.0. The molecule has 0 atom stereocenters. The van der Waals surface area contributed by atoms with Crippen LogP contribution in [0.4, 0.5) is 4.79 Å². The number of hydrogen-bond acceptors (Lipinski definition) is 3. The van der Waals surface area contributed by atoms with Gasteiger partial charge in [-0.25, -0.2) is 0 Å². The van der Waals surface area contributed by atoms with E-state index in [1.54, 1.807) is 0 Å². The Hall–Kier alpha value is 1.17. The zero-order valence-corrected chi connectivity index (χ0v) is 7.05. The Morgan fingerprint density at radius 1 is 2.00 bits per heavy atom. The number of carbonyl (C=O) groups excluding carboxylic acids is 1. The van der Waals surface area contributed by atoms with Gasteiger partial charge < -0.3 is 7.16 Å². The predicted octanol–water partition coefficient (Wildman–Crippen LogP) is -2.24. The molecule has 0 saturated heterocycles. The topological polar surface area (TPSA) is 43.1 Å². The van der Waals surface area contributed by atoms with Crippen molar-refractivity contribution in [3.8, 4) is 0 Å². The van der Waals surface area contributed by atoms with Gasteiger partial charge in [-0.3, -0.25) is 4.79 Å². The minimum Gasteiger partial charge on any atom is -1.00 e. The number of rotatable bonds is 0. The summed E-state index contributed by atoms with van der Waals surface area (Å²) in [5, 5.41) is -0.465. The van der Waals surface area contributed by atoms with Crippen LogP contribution in [0.25, 0.3) is 0 Å². The third kappa shape index (κ3) is 8.95. The van der Waals surface area contributed by atoms with Crippen LogP contribution < -0.4 is 35.3 Å². The molecule has 2 N–H and O–H groups in total. The van der Waals surface area contributed by atoms with Crippen molar-refractivity contribution in [3.63, 3.8) is 0 Å². The maximum absolute atomic E-state index is 9.48. The van der Waals surface area contributed by atoms with E-state index in [4.69, 9.17) is 0 Å². The third-order valence-corrected chi connectivity index (χ3v) is 0.810. The number of nitrogens with two attached hydrogens (primary N) is 1. The molecule has 0 aromatic carbocycles. The second-order valence-corrected chi connectivity index (χ2v) is 1.54. The fourth-order valence-electron chi connectivity index (χ4n) is 0.